The molecule has 0 saturated heterocycles. The number of carbonyl (C=O) groups is 1. The van der Waals surface area contributed by atoms with Crippen LogP contribution in [0.5, 0.6) is 0 Å². The van der Waals surface area contributed by atoms with Crippen molar-refractivity contribution >= 4 is 22.6 Å². The van der Waals surface area contributed by atoms with E-state index in [2.05, 4.69) is 22.5 Å². The second kappa shape index (κ2) is 6.92. The molecule has 5 nitrogen and oxygen atoms in total. The molecule has 0 bridgehead atoms. The average molecular weight is 385 g/mol. The van der Waals surface area contributed by atoms with Gasteiger partial charge >= 0.3 is 0 Å². The third-order valence-electron chi connectivity index (χ3n) is 5.78. The Morgan fingerprint density at radius 2 is 1.90 bits per heavy atom. The van der Waals surface area contributed by atoms with Gasteiger partial charge in [0, 0.05) is 10.9 Å². The number of para-hydroxylation sites is 1. The quantitative estimate of drug-likeness (QED) is 0.543. The lowest BCUT2D eigenvalue weighted by molar-refractivity contribution is -0.115. The molecule has 2 heterocycles. The number of aromatic nitrogens is 2. The van der Waals surface area contributed by atoms with Crippen molar-refractivity contribution in [1.82, 2.24) is 9.78 Å². The molecule has 2 aromatic heterocycles. The Kier molecular flexibility index (Phi) is 4.23. The normalized spacial score (nSPS) is 13.0. The second-order valence-electron chi connectivity index (χ2n) is 7.75. The topological polar surface area (TPSA) is 60.1 Å². The third kappa shape index (κ3) is 3.12. The molecule has 146 valence electrons. The van der Waals surface area contributed by atoms with E-state index in [-0.39, 0.29) is 12.3 Å². The SMILES string of the molecule is Cc1nn(-c2ccccc2)c(C)c1NC(=O)Cc1coc2cc3c(cc12)CCC3. The summed E-state index contributed by atoms with van der Waals surface area (Å²) in [5, 5.41) is 8.71. The molecule has 29 heavy (non-hydrogen) atoms. The number of fused-ring (bicyclic) bond motifs is 2. The van der Waals surface area contributed by atoms with Crippen LogP contribution in [0.15, 0.2) is 53.1 Å². The van der Waals surface area contributed by atoms with Crippen molar-refractivity contribution in [3.8, 4) is 5.69 Å². The molecule has 0 spiro atoms. The molecular weight excluding hydrogens is 362 g/mol. The highest BCUT2D eigenvalue weighted by molar-refractivity contribution is 5.96. The largest absolute Gasteiger partial charge is 0.464 e. The summed E-state index contributed by atoms with van der Waals surface area (Å²) >= 11 is 0. The van der Waals surface area contributed by atoms with E-state index in [9.17, 15) is 4.79 Å². The number of hydrogen-bond acceptors (Lipinski definition) is 3. The van der Waals surface area contributed by atoms with Crippen molar-refractivity contribution in [2.24, 2.45) is 0 Å². The van der Waals surface area contributed by atoms with Crippen LogP contribution in [0.3, 0.4) is 0 Å². The average Bonchev–Trinajstić information content (AvgIpc) is 3.41. The van der Waals surface area contributed by atoms with Gasteiger partial charge in [-0.1, -0.05) is 18.2 Å². The van der Waals surface area contributed by atoms with Crippen LogP contribution in [0.2, 0.25) is 0 Å². The fourth-order valence-electron chi connectivity index (χ4n) is 4.29. The first kappa shape index (κ1) is 17.7. The maximum Gasteiger partial charge on any atom is 0.229 e. The minimum absolute atomic E-state index is 0.0630. The van der Waals surface area contributed by atoms with E-state index in [1.807, 2.05) is 48.9 Å². The fraction of sp³-hybridized carbons (Fsp3) is 0.250. The first-order valence-corrected chi connectivity index (χ1v) is 10.0. The second-order valence-corrected chi connectivity index (χ2v) is 7.75. The Labute approximate surface area is 169 Å². The predicted octanol–water partition coefficient (Wildman–Crippen LogP) is 4.91. The first-order chi connectivity index (χ1) is 14.1. The molecular formula is C24H23N3O2. The zero-order chi connectivity index (χ0) is 20.0. The number of furan rings is 1. The van der Waals surface area contributed by atoms with Gasteiger partial charge in [0.1, 0.15) is 5.58 Å². The summed E-state index contributed by atoms with van der Waals surface area (Å²) in [6.45, 7) is 3.89. The van der Waals surface area contributed by atoms with Crippen molar-refractivity contribution < 1.29 is 9.21 Å². The van der Waals surface area contributed by atoms with Crippen molar-refractivity contribution in [2.75, 3.05) is 5.32 Å². The fourth-order valence-corrected chi connectivity index (χ4v) is 4.29. The zero-order valence-corrected chi connectivity index (χ0v) is 16.7. The number of aryl methyl sites for hydroxylation is 3. The summed E-state index contributed by atoms with van der Waals surface area (Å²) in [4.78, 5) is 12.8. The molecule has 0 fully saturated rings. The molecule has 0 atom stereocenters. The van der Waals surface area contributed by atoms with Gasteiger partial charge in [0.2, 0.25) is 5.91 Å². The van der Waals surface area contributed by atoms with E-state index in [1.165, 1.54) is 17.5 Å². The van der Waals surface area contributed by atoms with Crippen LogP contribution in [0, 0.1) is 13.8 Å². The maximum atomic E-state index is 12.8. The van der Waals surface area contributed by atoms with Gasteiger partial charge < -0.3 is 9.73 Å². The summed E-state index contributed by atoms with van der Waals surface area (Å²) in [6.07, 6.45) is 5.42. The minimum atomic E-state index is -0.0630. The first-order valence-electron chi connectivity index (χ1n) is 10.0. The van der Waals surface area contributed by atoms with E-state index in [0.29, 0.717) is 0 Å². The number of hydrogen-bond donors (Lipinski definition) is 1. The Morgan fingerprint density at radius 3 is 2.69 bits per heavy atom. The molecule has 5 heteroatoms. The van der Waals surface area contributed by atoms with Crippen molar-refractivity contribution in [3.63, 3.8) is 0 Å². The predicted molar refractivity (Wildman–Crippen MR) is 114 cm³/mol. The monoisotopic (exact) mass is 385 g/mol. The summed E-state index contributed by atoms with van der Waals surface area (Å²) in [5.74, 6) is -0.0630. The summed E-state index contributed by atoms with van der Waals surface area (Å²) in [7, 11) is 0. The van der Waals surface area contributed by atoms with E-state index in [0.717, 1.165) is 52.1 Å². The van der Waals surface area contributed by atoms with Gasteiger partial charge in [-0.2, -0.15) is 5.10 Å². The Bertz CT molecular complexity index is 1220. The van der Waals surface area contributed by atoms with Crippen molar-refractivity contribution in [3.05, 3.63) is 76.8 Å². The van der Waals surface area contributed by atoms with Crippen LogP contribution >= 0.6 is 0 Å². The molecule has 0 aliphatic heterocycles. The van der Waals surface area contributed by atoms with Crippen LogP contribution < -0.4 is 5.32 Å². The highest BCUT2D eigenvalue weighted by Gasteiger charge is 2.19. The molecule has 0 saturated carbocycles. The van der Waals surface area contributed by atoms with E-state index in [4.69, 9.17) is 4.42 Å². The molecule has 1 N–H and O–H groups in total. The molecule has 0 unspecified atom stereocenters. The van der Waals surface area contributed by atoms with Gasteiger partial charge in [-0.3, -0.25) is 4.79 Å². The summed E-state index contributed by atoms with van der Waals surface area (Å²) in [5.41, 5.74) is 8.02. The van der Waals surface area contributed by atoms with Gasteiger partial charge in [-0.15, -0.1) is 0 Å². The lowest BCUT2D eigenvalue weighted by Crippen LogP contribution is -2.15. The Hall–Kier alpha value is -3.34. The van der Waals surface area contributed by atoms with Gasteiger partial charge in [0.15, 0.2) is 0 Å². The Morgan fingerprint density at radius 1 is 1.14 bits per heavy atom. The zero-order valence-electron chi connectivity index (χ0n) is 16.7. The molecule has 1 amide bonds. The van der Waals surface area contributed by atoms with E-state index >= 15 is 0 Å². The number of anilines is 1. The van der Waals surface area contributed by atoms with Crippen LogP contribution in [0.25, 0.3) is 16.7 Å². The highest BCUT2D eigenvalue weighted by atomic mass is 16.3. The van der Waals surface area contributed by atoms with Crippen LogP contribution in [-0.4, -0.2) is 15.7 Å². The van der Waals surface area contributed by atoms with Gasteiger partial charge in [0.25, 0.3) is 0 Å². The number of amides is 1. The van der Waals surface area contributed by atoms with E-state index in [1.54, 1.807) is 6.26 Å². The highest BCUT2D eigenvalue weighted by Crippen LogP contribution is 2.31. The van der Waals surface area contributed by atoms with Crippen LogP contribution in [0.4, 0.5) is 5.69 Å². The molecule has 1 aliphatic carbocycles. The van der Waals surface area contributed by atoms with Gasteiger partial charge in [0.05, 0.1) is 35.4 Å². The number of nitrogens with zero attached hydrogens (tertiary/aromatic N) is 2. The number of carbonyl (C=O) groups excluding carboxylic acids is 1. The lowest BCUT2D eigenvalue weighted by atomic mass is 10.0. The van der Waals surface area contributed by atoms with Gasteiger partial charge in [-0.25, -0.2) is 4.68 Å². The molecule has 5 rings (SSSR count). The van der Waals surface area contributed by atoms with Gasteiger partial charge in [-0.05, 0) is 68.5 Å². The molecule has 1 aliphatic rings. The van der Waals surface area contributed by atoms with Crippen molar-refractivity contribution in [2.45, 2.75) is 39.5 Å². The minimum Gasteiger partial charge on any atom is -0.464 e. The smallest absolute Gasteiger partial charge is 0.229 e. The number of nitrogens with one attached hydrogen (secondary N) is 1. The summed E-state index contributed by atoms with van der Waals surface area (Å²) in [6, 6.07) is 14.3. The van der Waals surface area contributed by atoms with Crippen LogP contribution in [-0.2, 0) is 24.1 Å². The Balaban J connectivity index is 1.39. The molecule has 0 radical (unpaired) electrons. The van der Waals surface area contributed by atoms with E-state index < -0.39 is 0 Å². The van der Waals surface area contributed by atoms with Crippen molar-refractivity contribution in [1.29, 1.82) is 0 Å². The number of rotatable bonds is 4. The molecule has 4 aromatic rings. The molecule has 2 aromatic carbocycles. The lowest BCUT2D eigenvalue weighted by Gasteiger charge is -2.07. The summed E-state index contributed by atoms with van der Waals surface area (Å²) < 4.78 is 7.60. The standard InChI is InChI=1S/C24H23N3O2/c1-15-24(16(2)27(26-15)20-9-4-3-5-10-20)25-23(28)13-19-14-29-22-12-18-8-6-7-17(18)11-21(19)22/h3-5,9-12,14H,6-8,13H2,1-2H3,(H,25,28). The maximum absolute atomic E-state index is 12.8. The number of benzene rings is 2. The van der Waals surface area contributed by atoms with Crippen LogP contribution in [0.1, 0.15) is 34.5 Å². The third-order valence-corrected chi connectivity index (χ3v) is 5.78.